The standard InChI is InChI=1S/C15H18ClNO3/c16-12-6-4-5-11(9-12)15(7-2-1-3-8-15)14(20)17-10-13(18)19/h4-6,9H,1-3,7-8,10H2,(H,17,20)(H,18,19). The molecule has 0 saturated heterocycles. The van der Waals surface area contributed by atoms with Crippen molar-refractivity contribution in [2.24, 2.45) is 0 Å². The number of rotatable bonds is 4. The summed E-state index contributed by atoms with van der Waals surface area (Å²) >= 11 is 6.03. The van der Waals surface area contributed by atoms with E-state index in [0.29, 0.717) is 5.02 Å². The Hall–Kier alpha value is -1.55. The summed E-state index contributed by atoms with van der Waals surface area (Å²) in [5.74, 6) is -1.24. The number of benzene rings is 1. The minimum atomic E-state index is -1.03. The Bertz CT molecular complexity index is 510. The lowest BCUT2D eigenvalue weighted by Gasteiger charge is -2.36. The topological polar surface area (TPSA) is 66.4 Å². The summed E-state index contributed by atoms with van der Waals surface area (Å²) in [7, 11) is 0. The van der Waals surface area contributed by atoms with Gasteiger partial charge in [0.1, 0.15) is 6.54 Å². The number of aliphatic carboxylic acids is 1. The van der Waals surface area contributed by atoms with E-state index in [1.807, 2.05) is 18.2 Å². The van der Waals surface area contributed by atoms with Crippen LogP contribution in [0.3, 0.4) is 0 Å². The van der Waals surface area contributed by atoms with Gasteiger partial charge in [-0.3, -0.25) is 9.59 Å². The first-order valence-electron chi connectivity index (χ1n) is 6.81. The monoisotopic (exact) mass is 295 g/mol. The summed E-state index contributed by atoms with van der Waals surface area (Å²) in [6.45, 7) is -0.346. The minimum absolute atomic E-state index is 0.207. The van der Waals surface area contributed by atoms with E-state index in [-0.39, 0.29) is 12.5 Å². The number of nitrogens with one attached hydrogen (secondary N) is 1. The predicted octanol–water partition coefficient (Wildman–Crippen LogP) is 2.74. The second-order valence-corrected chi connectivity index (χ2v) is 5.67. The van der Waals surface area contributed by atoms with E-state index >= 15 is 0 Å². The molecule has 2 rings (SSSR count). The number of carbonyl (C=O) groups excluding carboxylic acids is 1. The van der Waals surface area contributed by atoms with Crippen molar-refractivity contribution in [1.29, 1.82) is 0 Å². The highest BCUT2D eigenvalue weighted by Gasteiger charge is 2.41. The van der Waals surface area contributed by atoms with Crippen molar-refractivity contribution in [2.75, 3.05) is 6.54 Å². The molecule has 0 unspecified atom stereocenters. The third kappa shape index (κ3) is 3.12. The van der Waals surface area contributed by atoms with Crippen LogP contribution in [-0.2, 0) is 15.0 Å². The molecule has 0 aromatic heterocycles. The van der Waals surface area contributed by atoms with E-state index < -0.39 is 11.4 Å². The number of carbonyl (C=O) groups is 2. The van der Waals surface area contributed by atoms with Gasteiger partial charge in [-0.05, 0) is 30.5 Å². The molecule has 0 aliphatic heterocycles. The number of carboxylic acids is 1. The van der Waals surface area contributed by atoms with Crippen molar-refractivity contribution in [1.82, 2.24) is 5.32 Å². The fourth-order valence-corrected chi connectivity index (χ4v) is 3.10. The van der Waals surface area contributed by atoms with E-state index in [0.717, 1.165) is 37.7 Å². The van der Waals surface area contributed by atoms with Crippen LogP contribution in [0.1, 0.15) is 37.7 Å². The summed E-state index contributed by atoms with van der Waals surface area (Å²) < 4.78 is 0. The maximum atomic E-state index is 12.5. The molecule has 0 bridgehead atoms. The van der Waals surface area contributed by atoms with Gasteiger partial charge in [0.05, 0.1) is 5.41 Å². The van der Waals surface area contributed by atoms with Crippen molar-refractivity contribution in [3.8, 4) is 0 Å². The Kier molecular flexibility index (Phi) is 4.65. The molecule has 1 saturated carbocycles. The summed E-state index contributed by atoms with van der Waals surface area (Å²) in [5.41, 5.74) is 0.242. The van der Waals surface area contributed by atoms with Crippen molar-refractivity contribution < 1.29 is 14.7 Å². The first-order valence-corrected chi connectivity index (χ1v) is 7.18. The number of hydrogen-bond donors (Lipinski definition) is 2. The molecule has 0 atom stereocenters. The van der Waals surface area contributed by atoms with Crippen LogP contribution in [0, 0.1) is 0 Å². The first kappa shape index (κ1) is 14.9. The van der Waals surface area contributed by atoms with Crippen molar-refractivity contribution in [3.63, 3.8) is 0 Å². The Morgan fingerprint density at radius 3 is 2.55 bits per heavy atom. The molecule has 1 aromatic carbocycles. The van der Waals surface area contributed by atoms with Gasteiger partial charge in [0.15, 0.2) is 0 Å². The first-order chi connectivity index (χ1) is 9.54. The zero-order valence-corrected chi connectivity index (χ0v) is 11.9. The van der Waals surface area contributed by atoms with Crippen LogP contribution in [0.2, 0.25) is 5.02 Å². The lowest BCUT2D eigenvalue weighted by Crippen LogP contribution is -2.47. The normalized spacial score (nSPS) is 17.4. The van der Waals surface area contributed by atoms with Gasteiger partial charge >= 0.3 is 5.97 Å². The van der Waals surface area contributed by atoms with Crippen LogP contribution in [0.5, 0.6) is 0 Å². The van der Waals surface area contributed by atoms with Gasteiger partial charge in [-0.25, -0.2) is 0 Å². The average Bonchev–Trinajstić information content (AvgIpc) is 2.45. The quantitative estimate of drug-likeness (QED) is 0.897. The molecule has 20 heavy (non-hydrogen) atoms. The lowest BCUT2D eigenvalue weighted by molar-refractivity contribution is -0.139. The third-order valence-corrected chi connectivity index (χ3v) is 4.15. The molecule has 1 amide bonds. The third-order valence-electron chi connectivity index (χ3n) is 3.92. The molecule has 0 heterocycles. The van der Waals surface area contributed by atoms with Crippen molar-refractivity contribution in [2.45, 2.75) is 37.5 Å². The molecule has 0 spiro atoms. The Morgan fingerprint density at radius 2 is 1.95 bits per heavy atom. The zero-order chi connectivity index (χ0) is 14.6. The van der Waals surface area contributed by atoms with Gasteiger partial charge < -0.3 is 10.4 Å². The highest BCUT2D eigenvalue weighted by atomic mass is 35.5. The summed E-state index contributed by atoms with van der Waals surface area (Å²) in [4.78, 5) is 23.2. The molecule has 2 N–H and O–H groups in total. The number of halogens is 1. The Balaban J connectivity index is 2.30. The van der Waals surface area contributed by atoms with Crippen LogP contribution < -0.4 is 5.32 Å². The van der Waals surface area contributed by atoms with Gasteiger partial charge in [-0.1, -0.05) is 43.0 Å². The van der Waals surface area contributed by atoms with Crippen molar-refractivity contribution in [3.05, 3.63) is 34.9 Å². The summed E-state index contributed by atoms with van der Waals surface area (Å²) in [5, 5.41) is 11.8. The SMILES string of the molecule is O=C(O)CNC(=O)C1(c2cccc(Cl)c2)CCCCC1. The average molecular weight is 296 g/mol. The van der Waals surface area contributed by atoms with Crippen LogP contribution in [-0.4, -0.2) is 23.5 Å². The number of amides is 1. The van der Waals surface area contributed by atoms with Crippen molar-refractivity contribution >= 4 is 23.5 Å². The number of carboxylic acid groups (broad SMARTS) is 1. The molecular formula is C15H18ClNO3. The molecule has 5 heteroatoms. The maximum absolute atomic E-state index is 12.5. The van der Waals surface area contributed by atoms with Gasteiger partial charge in [-0.15, -0.1) is 0 Å². The largest absolute Gasteiger partial charge is 0.480 e. The van der Waals surface area contributed by atoms with Crippen LogP contribution in [0.4, 0.5) is 0 Å². The lowest BCUT2D eigenvalue weighted by atomic mass is 9.68. The van der Waals surface area contributed by atoms with Crippen LogP contribution in [0.15, 0.2) is 24.3 Å². The molecule has 108 valence electrons. The zero-order valence-electron chi connectivity index (χ0n) is 11.2. The van der Waals surface area contributed by atoms with Gasteiger partial charge in [0, 0.05) is 5.02 Å². The highest BCUT2D eigenvalue weighted by Crippen LogP contribution is 2.40. The highest BCUT2D eigenvalue weighted by molar-refractivity contribution is 6.30. The second kappa shape index (κ2) is 6.27. The van der Waals surface area contributed by atoms with E-state index in [2.05, 4.69) is 5.32 Å². The Labute approximate surface area is 123 Å². The van der Waals surface area contributed by atoms with Gasteiger partial charge in [0.2, 0.25) is 5.91 Å². The fourth-order valence-electron chi connectivity index (χ4n) is 2.91. The van der Waals surface area contributed by atoms with Crippen LogP contribution in [0.25, 0.3) is 0 Å². The maximum Gasteiger partial charge on any atom is 0.322 e. The van der Waals surface area contributed by atoms with E-state index in [1.165, 1.54) is 0 Å². The molecule has 1 aliphatic rings. The smallest absolute Gasteiger partial charge is 0.322 e. The van der Waals surface area contributed by atoms with E-state index in [4.69, 9.17) is 16.7 Å². The molecule has 1 aromatic rings. The minimum Gasteiger partial charge on any atom is -0.480 e. The van der Waals surface area contributed by atoms with E-state index in [1.54, 1.807) is 6.07 Å². The molecule has 4 nitrogen and oxygen atoms in total. The molecule has 1 aliphatic carbocycles. The summed E-state index contributed by atoms with van der Waals surface area (Å²) in [6.07, 6.45) is 4.51. The van der Waals surface area contributed by atoms with Crippen LogP contribution >= 0.6 is 11.6 Å². The fraction of sp³-hybridized carbons (Fsp3) is 0.467. The Morgan fingerprint density at radius 1 is 1.25 bits per heavy atom. The predicted molar refractivity (Wildman–Crippen MR) is 76.9 cm³/mol. The van der Waals surface area contributed by atoms with E-state index in [9.17, 15) is 9.59 Å². The molecular weight excluding hydrogens is 278 g/mol. The molecule has 0 radical (unpaired) electrons. The van der Waals surface area contributed by atoms with Gasteiger partial charge in [-0.2, -0.15) is 0 Å². The second-order valence-electron chi connectivity index (χ2n) is 5.23. The molecule has 1 fully saturated rings. The number of hydrogen-bond acceptors (Lipinski definition) is 2. The summed E-state index contributed by atoms with van der Waals surface area (Å²) in [6, 6.07) is 7.32. The van der Waals surface area contributed by atoms with Gasteiger partial charge in [0.25, 0.3) is 0 Å².